The van der Waals surface area contributed by atoms with Crippen LogP contribution in [0.15, 0.2) is 40.6 Å². The average Bonchev–Trinajstić information content (AvgIpc) is 2.75. The fraction of sp³-hybridized carbons (Fsp3) is 0.286. The second kappa shape index (κ2) is 6.89. The van der Waals surface area contributed by atoms with Crippen molar-refractivity contribution in [2.75, 3.05) is 20.8 Å². The van der Waals surface area contributed by atoms with Crippen LogP contribution in [0.3, 0.4) is 0 Å². The second-order valence-electron chi connectivity index (χ2n) is 7.07. The van der Waals surface area contributed by atoms with Gasteiger partial charge in [-0.25, -0.2) is 9.97 Å². The third-order valence-electron chi connectivity index (χ3n) is 5.40. The number of aromatic nitrogens is 2. The molecule has 1 amide bonds. The minimum absolute atomic E-state index is 0.350. The average molecular weight is 389 g/mol. The highest BCUT2D eigenvalue weighted by Gasteiger charge is 2.24. The number of carbonyl (C=O) groups is 1. The number of hydrogen-bond donors (Lipinski definition) is 0. The molecular formula is C21H19N5O3. The Labute approximate surface area is 167 Å². The molecular weight excluding hydrogens is 370 g/mol. The van der Waals surface area contributed by atoms with Crippen molar-refractivity contribution in [3.05, 3.63) is 52.8 Å². The van der Waals surface area contributed by atoms with Crippen LogP contribution in [0.1, 0.15) is 27.3 Å². The molecule has 2 aliphatic rings. The molecule has 8 heteroatoms. The van der Waals surface area contributed by atoms with Crippen LogP contribution in [-0.4, -0.2) is 41.5 Å². The predicted octanol–water partition coefficient (Wildman–Crippen LogP) is 3.44. The first-order chi connectivity index (χ1) is 14.2. The smallest absolute Gasteiger partial charge is 0.296 e. The van der Waals surface area contributed by atoms with Crippen molar-refractivity contribution in [1.82, 2.24) is 14.9 Å². The number of carbonyl (C=O) groups excluding carboxylic acids is 1. The molecule has 0 saturated heterocycles. The van der Waals surface area contributed by atoms with Gasteiger partial charge < -0.3 is 9.47 Å². The number of methoxy groups -OCH3 is 2. The molecule has 3 aromatic rings. The van der Waals surface area contributed by atoms with Gasteiger partial charge in [-0.15, -0.1) is 10.2 Å². The van der Waals surface area contributed by atoms with Gasteiger partial charge in [0.15, 0.2) is 17.3 Å². The Balaban J connectivity index is 1.45. The highest BCUT2D eigenvalue weighted by Crippen LogP contribution is 2.37. The van der Waals surface area contributed by atoms with Crippen LogP contribution in [-0.2, 0) is 19.5 Å². The summed E-state index contributed by atoms with van der Waals surface area (Å²) in [7, 11) is 3.33. The number of hydrogen-bond acceptors (Lipinski definition) is 7. The summed E-state index contributed by atoms with van der Waals surface area (Å²) in [6.07, 6.45) is 0.856. The standard InChI is InChI=1S/C21H19N5O3/c1-28-16-7-6-12-10-26(9-8-13(12)19(16)29-2)11-17-22-15-5-3-4-14-18(15)20(23-17)24-25-21(14)27/h3-7H,8-11H2,1-2H3. The molecule has 0 spiro atoms. The highest BCUT2D eigenvalue weighted by atomic mass is 16.5. The number of nitrogens with zero attached hydrogens (tertiary/aromatic N) is 5. The molecule has 0 radical (unpaired) electrons. The maximum atomic E-state index is 11.9. The Morgan fingerprint density at radius 2 is 1.97 bits per heavy atom. The van der Waals surface area contributed by atoms with Gasteiger partial charge in [0.25, 0.3) is 5.91 Å². The SMILES string of the molecule is COc1ccc2c(c1OC)CCN(Cc1nc3c4c(cccc4n1)C(=O)N=N3)C2. The molecule has 0 atom stereocenters. The lowest BCUT2D eigenvalue weighted by atomic mass is 9.98. The molecule has 8 nitrogen and oxygen atoms in total. The number of rotatable bonds is 4. The molecule has 2 aromatic carbocycles. The zero-order valence-electron chi connectivity index (χ0n) is 16.2. The van der Waals surface area contributed by atoms with Gasteiger partial charge in [-0.2, -0.15) is 0 Å². The lowest BCUT2D eigenvalue weighted by molar-refractivity contribution is 0.0995. The summed E-state index contributed by atoms with van der Waals surface area (Å²) in [5, 5.41) is 8.38. The van der Waals surface area contributed by atoms with Gasteiger partial charge in [-0.1, -0.05) is 12.1 Å². The molecule has 5 rings (SSSR count). The molecule has 3 heterocycles. The summed E-state index contributed by atoms with van der Waals surface area (Å²) in [6.45, 7) is 2.21. The zero-order valence-corrected chi connectivity index (χ0v) is 16.2. The number of fused-ring (bicyclic) bond motifs is 1. The van der Waals surface area contributed by atoms with Crippen molar-refractivity contribution < 1.29 is 14.3 Å². The minimum atomic E-state index is -0.350. The number of azo groups is 1. The maximum absolute atomic E-state index is 11.9. The van der Waals surface area contributed by atoms with E-state index in [1.165, 1.54) is 11.1 Å². The summed E-state index contributed by atoms with van der Waals surface area (Å²) in [5.41, 5.74) is 3.63. The normalized spacial score (nSPS) is 15.4. The van der Waals surface area contributed by atoms with Gasteiger partial charge in [-0.05, 0) is 30.2 Å². The molecule has 0 N–H and O–H groups in total. The van der Waals surface area contributed by atoms with Gasteiger partial charge in [0.1, 0.15) is 5.82 Å². The molecule has 2 aliphatic heterocycles. The zero-order chi connectivity index (χ0) is 20.0. The number of amides is 1. The fourth-order valence-corrected chi connectivity index (χ4v) is 4.06. The summed E-state index contributed by atoms with van der Waals surface area (Å²) in [6, 6.07) is 9.45. The summed E-state index contributed by atoms with van der Waals surface area (Å²) < 4.78 is 11.0. The van der Waals surface area contributed by atoms with Gasteiger partial charge in [0, 0.05) is 18.7 Å². The van der Waals surface area contributed by atoms with E-state index in [4.69, 9.17) is 9.47 Å². The molecule has 146 valence electrons. The monoisotopic (exact) mass is 389 g/mol. The molecule has 1 aromatic heterocycles. The van der Waals surface area contributed by atoms with Crippen LogP contribution >= 0.6 is 0 Å². The van der Waals surface area contributed by atoms with E-state index in [9.17, 15) is 4.79 Å². The lowest BCUT2D eigenvalue weighted by Crippen LogP contribution is -2.31. The Morgan fingerprint density at radius 1 is 1.07 bits per heavy atom. The third kappa shape index (κ3) is 2.92. The maximum Gasteiger partial charge on any atom is 0.296 e. The highest BCUT2D eigenvalue weighted by molar-refractivity contribution is 6.11. The Bertz CT molecular complexity index is 1170. The molecule has 0 saturated carbocycles. The third-order valence-corrected chi connectivity index (χ3v) is 5.40. The van der Waals surface area contributed by atoms with Gasteiger partial charge >= 0.3 is 0 Å². The van der Waals surface area contributed by atoms with Gasteiger partial charge in [0.2, 0.25) is 0 Å². The minimum Gasteiger partial charge on any atom is -0.493 e. The lowest BCUT2D eigenvalue weighted by Gasteiger charge is -2.29. The van der Waals surface area contributed by atoms with Crippen molar-refractivity contribution in [1.29, 1.82) is 0 Å². The van der Waals surface area contributed by atoms with E-state index in [2.05, 4.69) is 31.2 Å². The number of benzene rings is 2. The Hall–Kier alpha value is -3.39. The largest absolute Gasteiger partial charge is 0.493 e. The summed E-state index contributed by atoms with van der Waals surface area (Å²) >= 11 is 0. The first-order valence-corrected chi connectivity index (χ1v) is 9.38. The van der Waals surface area contributed by atoms with Crippen LogP contribution in [0, 0.1) is 0 Å². The quantitative estimate of drug-likeness (QED) is 0.679. The summed E-state index contributed by atoms with van der Waals surface area (Å²) in [5.74, 6) is 2.35. The fourth-order valence-electron chi connectivity index (χ4n) is 4.06. The van der Waals surface area contributed by atoms with E-state index in [0.29, 0.717) is 29.1 Å². The molecule has 0 unspecified atom stereocenters. The van der Waals surface area contributed by atoms with Crippen molar-refractivity contribution >= 4 is 22.6 Å². The van der Waals surface area contributed by atoms with E-state index in [1.807, 2.05) is 18.2 Å². The molecule has 29 heavy (non-hydrogen) atoms. The van der Waals surface area contributed by atoms with E-state index < -0.39 is 0 Å². The van der Waals surface area contributed by atoms with Gasteiger partial charge in [-0.3, -0.25) is 9.69 Å². The van der Waals surface area contributed by atoms with Crippen LogP contribution in [0.2, 0.25) is 0 Å². The first-order valence-electron chi connectivity index (χ1n) is 9.38. The van der Waals surface area contributed by atoms with Crippen molar-refractivity contribution in [2.24, 2.45) is 10.2 Å². The first kappa shape index (κ1) is 17.7. The number of ether oxygens (including phenoxy) is 2. The molecule has 0 fully saturated rings. The van der Waals surface area contributed by atoms with Crippen molar-refractivity contribution in [3.8, 4) is 11.5 Å². The second-order valence-corrected chi connectivity index (χ2v) is 7.07. The molecule has 0 bridgehead atoms. The van der Waals surface area contributed by atoms with E-state index in [1.54, 1.807) is 20.3 Å². The van der Waals surface area contributed by atoms with Crippen LogP contribution in [0.5, 0.6) is 11.5 Å². The van der Waals surface area contributed by atoms with Crippen LogP contribution in [0.4, 0.5) is 5.82 Å². The Kier molecular flexibility index (Phi) is 4.21. The molecule has 0 aliphatic carbocycles. The predicted molar refractivity (Wildman–Crippen MR) is 106 cm³/mol. The van der Waals surface area contributed by atoms with Crippen LogP contribution < -0.4 is 9.47 Å². The summed E-state index contributed by atoms with van der Waals surface area (Å²) in [4.78, 5) is 23.5. The van der Waals surface area contributed by atoms with E-state index in [-0.39, 0.29) is 5.91 Å². The van der Waals surface area contributed by atoms with Crippen molar-refractivity contribution in [3.63, 3.8) is 0 Å². The van der Waals surface area contributed by atoms with Crippen molar-refractivity contribution in [2.45, 2.75) is 19.5 Å². The van der Waals surface area contributed by atoms with Crippen LogP contribution in [0.25, 0.3) is 10.9 Å². The topological polar surface area (TPSA) is 89.3 Å². The Morgan fingerprint density at radius 3 is 2.79 bits per heavy atom. The van der Waals surface area contributed by atoms with Gasteiger partial charge in [0.05, 0.1) is 37.2 Å². The van der Waals surface area contributed by atoms with E-state index in [0.717, 1.165) is 36.5 Å². The van der Waals surface area contributed by atoms with E-state index >= 15 is 0 Å².